The van der Waals surface area contributed by atoms with Gasteiger partial charge in [0.2, 0.25) is 0 Å². The van der Waals surface area contributed by atoms with Crippen LogP contribution in [0.3, 0.4) is 0 Å². The molecule has 0 bridgehead atoms. The average Bonchev–Trinajstić information content (AvgIpc) is 2.95. The number of rotatable bonds is 3. The molecule has 1 aromatic heterocycles. The number of aromatic nitrogens is 1. The summed E-state index contributed by atoms with van der Waals surface area (Å²) < 4.78 is 42.1. The second kappa shape index (κ2) is 6.58. The minimum Gasteiger partial charge on any atom is -0.362 e. The summed E-state index contributed by atoms with van der Waals surface area (Å²) in [4.78, 5) is 16.5. The zero-order valence-corrected chi connectivity index (χ0v) is 15.6. The Morgan fingerprint density at radius 3 is 2.52 bits per heavy atom. The predicted octanol–water partition coefficient (Wildman–Crippen LogP) is 4.00. The monoisotopic (exact) mass is 383 g/mol. The number of amides is 1. The smallest absolute Gasteiger partial charge is 0.362 e. The lowest BCUT2D eigenvalue weighted by atomic mass is 9.64. The number of hydrogen-bond acceptors (Lipinski definition) is 4. The van der Waals surface area contributed by atoms with E-state index in [-0.39, 0.29) is 34.0 Å². The third-order valence-corrected chi connectivity index (χ3v) is 6.26. The first-order valence-corrected chi connectivity index (χ1v) is 9.13. The van der Waals surface area contributed by atoms with E-state index in [4.69, 9.17) is 0 Å². The molecule has 1 saturated carbocycles. The molecule has 1 aliphatic carbocycles. The summed E-state index contributed by atoms with van der Waals surface area (Å²) in [6.07, 6.45) is -0.384. The van der Waals surface area contributed by atoms with Gasteiger partial charge in [-0.1, -0.05) is 27.2 Å². The van der Waals surface area contributed by atoms with Crippen molar-refractivity contribution in [3.05, 3.63) is 30.1 Å². The second-order valence-electron chi connectivity index (χ2n) is 8.03. The fourth-order valence-electron chi connectivity index (χ4n) is 4.04. The molecule has 27 heavy (non-hydrogen) atoms. The van der Waals surface area contributed by atoms with Crippen molar-refractivity contribution in [3.8, 4) is 0 Å². The van der Waals surface area contributed by atoms with Gasteiger partial charge in [0.15, 0.2) is 0 Å². The molecule has 0 unspecified atom stereocenters. The van der Waals surface area contributed by atoms with Crippen molar-refractivity contribution in [1.29, 1.82) is 0 Å². The van der Waals surface area contributed by atoms with Crippen LogP contribution in [0.25, 0.3) is 0 Å². The predicted molar refractivity (Wildman–Crippen MR) is 93.7 cm³/mol. The van der Waals surface area contributed by atoms with Gasteiger partial charge in [0.1, 0.15) is 0 Å². The third kappa shape index (κ3) is 3.13. The summed E-state index contributed by atoms with van der Waals surface area (Å²) in [6.45, 7) is 6.07. The number of pyridine rings is 1. The Balaban J connectivity index is 2.00. The molecule has 8 heteroatoms. The summed E-state index contributed by atoms with van der Waals surface area (Å²) in [5.41, 5.74) is -3.23. The van der Waals surface area contributed by atoms with Crippen LogP contribution in [0.1, 0.15) is 56.8 Å². The lowest BCUT2D eigenvalue weighted by molar-refractivity contribution is -0.314. The van der Waals surface area contributed by atoms with Crippen LogP contribution in [0.5, 0.6) is 0 Å². The molecule has 0 radical (unpaired) electrons. The van der Waals surface area contributed by atoms with E-state index in [1.165, 1.54) is 24.5 Å². The van der Waals surface area contributed by atoms with Crippen molar-refractivity contribution in [2.24, 2.45) is 22.4 Å². The second-order valence-corrected chi connectivity index (χ2v) is 8.03. The first-order chi connectivity index (χ1) is 12.5. The van der Waals surface area contributed by atoms with E-state index < -0.39 is 23.7 Å². The zero-order chi connectivity index (χ0) is 20.0. The molecule has 2 heterocycles. The Morgan fingerprint density at radius 2 is 1.96 bits per heavy atom. The Bertz CT molecular complexity index is 748. The van der Waals surface area contributed by atoms with Gasteiger partial charge in [-0.2, -0.15) is 23.3 Å². The highest BCUT2D eigenvalue weighted by atomic mass is 19.4. The Kier molecular flexibility index (Phi) is 4.82. The fraction of sp³-hybridized carbons (Fsp3) is 0.632. The van der Waals surface area contributed by atoms with Gasteiger partial charge in [0.25, 0.3) is 11.6 Å². The van der Waals surface area contributed by atoms with Crippen LogP contribution in [-0.4, -0.2) is 38.6 Å². The normalized spacial score (nSPS) is 28.7. The van der Waals surface area contributed by atoms with Crippen molar-refractivity contribution < 1.29 is 23.1 Å². The molecule has 5 nitrogen and oxygen atoms in total. The van der Waals surface area contributed by atoms with Gasteiger partial charge in [0, 0.05) is 23.7 Å². The number of fused-ring (bicyclic) bond motifs is 1. The average molecular weight is 383 g/mol. The number of nitrogens with zero attached hydrogens (tertiary/aromatic N) is 3. The highest BCUT2D eigenvalue weighted by Gasteiger charge is 2.69. The van der Waals surface area contributed by atoms with Crippen LogP contribution < -0.4 is 0 Å². The summed E-state index contributed by atoms with van der Waals surface area (Å²) >= 11 is 0. The molecule has 2 aliphatic rings. The first kappa shape index (κ1) is 19.8. The third-order valence-electron chi connectivity index (χ3n) is 6.26. The highest BCUT2D eigenvalue weighted by Crippen LogP contribution is 2.52. The molecule has 1 amide bonds. The van der Waals surface area contributed by atoms with Crippen molar-refractivity contribution in [1.82, 2.24) is 9.99 Å². The van der Waals surface area contributed by atoms with E-state index in [1.807, 2.05) is 20.8 Å². The number of alkyl halides is 3. The molecular weight excluding hydrogens is 359 g/mol. The van der Waals surface area contributed by atoms with Gasteiger partial charge in [-0.3, -0.25) is 9.78 Å². The molecule has 1 aromatic rings. The minimum atomic E-state index is -5.02. The molecule has 3 atom stereocenters. The molecule has 0 spiro atoms. The Labute approximate surface area is 156 Å². The molecule has 0 aromatic carbocycles. The summed E-state index contributed by atoms with van der Waals surface area (Å²) in [6, 6.07) is 2.62. The van der Waals surface area contributed by atoms with E-state index in [2.05, 4.69) is 10.1 Å². The molecular formula is C19H24F3N3O2. The van der Waals surface area contributed by atoms with Crippen molar-refractivity contribution in [2.45, 2.75) is 58.4 Å². The molecule has 1 aliphatic heterocycles. The van der Waals surface area contributed by atoms with Gasteiger partial charge in [0.05, 0.1) is 5.92 Å². The number of halogens is 3. The highest BCUT2D eigenvalue weighted by molar-refractivity contribution is 5.99. The topological polar surface area (TPSA) is 65.8 Å². The first-order valence-electron chi connectivity index (χ1n) is 9.13. The number of carbonyl (C=O) groups is 1. The van der Waals surface area contributed by atoms with Crippen LogP contribution in [0.15, 0.2) is 29.6 Å². The molecule has 0 saturated heterocycles. The van der Waals surface area contributed by atoms with E-state index in [0.717, 1.165) is 6.42 Å². The summed E-state index contributed by atoms with van der Waals surface area (Å²) in [5, 5.41) is 15.0. The van der Waals surface area contributed by atoms with Gasteiger partial charge >= 0.3 is 6.18 Å². The summed E-state index contributed by atoms with van der Waals surface area (Å²) in [5.74, 6) is -2.21. The Hall–Kier alpha value is -1.96. The number of carbonyl (C=O) groups excluding carboxylic acids is 1. The number of hydrazone groups is 1. The van der Waals surface area contributed by atoms with E-state index >= 15 is 0 Å². The number of aliphatic hydroxyl groups is 1. The SMILES string of the molecule is CCC(C)(C)[C@@H]1CCC2=NN(C(=O)c3ccncc3)[C@](O)(C(F)(F)F)[C@H]2C1. The van der Waals surface area contributed by atoms with E-state index in [0.29, 0.717) is 12.8 Å². The quantitative estimate of drug-likeness (QED) is 0.858. The standard InChI is InChI=1S/C19H24F3N3O2/c1-4-17(2,3)13-5-6-15-14(11-13)18(27,19(20,21)22)25(24-15)16(26)12-7-9-23-10-8-12/h7-10,13-14,27H,4-6,11H2,1-3H3/t13-,14+,18-/m1/s1. The minimum absolute atomic E-state index is 0.00103. The zero-order valence-electron chi connectivity index (χ0n) is 15.6. The maximum absolute atomic E-state index is 14.0. The van der Waals surface area contributed by atoms with Crippen LogP contribution in [0.4, 0.5) is 13.2 Å². The molecule has 1 N–H and O–H groups in total. The van der Waals surface area contributed by atoms with Crippen LogP contribution >= 0.6 is 0 Å². The maximum atomic E-state index is 14.0. The summed E-state index contributed by atoms with van der Waals surface area (Å²) in [7, 11) is 0. The van der Waals surface area contributed by atoms with Crippen LogP contribution in [-0.2, 0) is 0 Å². The molecule has 3 rings (SSSR count). The van der Waals surface area contributed by atoms with E-state index in [1.54, 1.807) is 0 Å². The van der Waals surface area contributed by atoms with Gasteiger partial charge < -0.3 is 5.11 Å². The van der Waals surface area contributed by atoms with Crippen molar-refractivity contribution >= 4 is 11.6 Å². The molecule has 1 fully saturated rings. The lowest BCUT2D eigenvalue weighted by Crippen LogP contribution is -2.62. The van der Waals surface area contributed by atoms with Crippen molar-refractivity contribution in [2.75, 3.05) is 0 Å². The number of hydrogen-bond donors (Lipinski definition) is 1. The maximum Gasteiger partial charge on any atom is 0.439 e. The van der Waals surface area contributed by atoms with Crippen molar-refractivity contribution in [3.63, 3.8) is 0 Å². The van der Waals surface area contributed by atoms with Gasteiger partial charge in [-0.15, -0.1) is 0 Å². The largest absolute Gasteiger partial charge is 0.439 e. The van der Waals surface area contributed by atoms with Gasteiger partial charge in [-0.05, 0) is 42.7 Å². The molecule has 148 valence electrons. The van der Waals surface area contributed by atoms with Gasteiger partial charge in [-0.25, -0.2) is 0 Å². The van der Waals surface area contributed by atoms with Crippen LogP contribution in [0, 0.1) is 17.3 Å². The van der Waals surface area contributed by atoms with E-state index in [9.17, 15) is 23.1 Å². The van der Waals surface area contributed by atoms with Crippen LogP contribution in [0.2, 0.25) is 0 Å². The Morgan fingerprint density at radius 1 is 1.33 bits per heavy atom. The fourth-order valence-corrected chi connectivity index (χ4v) is 4.04. The lowest BCUT2D eigenvalue weighted by Gasteiger charge is -2.43.